The molecule has 0 aromatic rings. The molecule has 2 atom stereocenters. The predicted octanol–water partition coefficient (Wildman–Crippen LogP) is 1.85. The molecule has 0 aromatic carbocycles. The van der Waals surface area contributed by atoms with Gasteiger partial charge >= 0.3 is 6.03 Å². The van der Waals surface area contributed by atoms with Crippen LogP contribution in [0.25, 0.3) is 0 Å². The molecule has 3 fully saturated rings. The minimum Gasteiger partial charge on any atom is -0.371 e. The molecule has 3 saturated heterocycles. The van der Waals surface area contributed by atoms with Gasteiger partial charge in [0.1, 0.15) is 0 Å². The van der Waals surface area contributed by atoms with E-state index in [0.29, 0.717) is 12.2 Å². The largest absolute Gasteiger partial charge is 0.371 e. The van der Waals surface area contributed by atoms with Crippen LogP contribution in [0.3, 0.4) is 0 Å². The summed E-state index contributed by atoms with van der Waals surface area (Å²) in [4.78, 5) is 16.5. The first-order valence-corrected chi connectivity index (χ1v) is 7.02. The summed E-state index contributed by atoms with van der Waals surface area (Å²) >= 11 is 0. The van der Waals surface area contributed by atoms with Crippen LogP contribution in [0.1, 0.15) is 38.5 Å². The number of carbonyl (C=O) groups excluding carboxylic acids is 1. The van der Waals surface area contributed by atoms with Crippen molar-refractivity contribution in [2.45, 2.75) is 50.7 Å². The van der Waals surface area contributed by atoms with Crippen molar-refractivity contribution in [2.24, 2.45) is 0 Å². The van der Waals surface area contributed by atoms with Crippen LogP contribution in [0.5, 0.6) is 0 Å². The molecule has 3 rings (SSSR count). The average molecular weight is 238 g/mol. The van der Waals surface area contributed by atoms with Gasteiger partial charge < -0.3 is 14.5 Å². The number of hydrogen-bond acceptors (Lipinski definition) is 2. The summed E-state index contributed by atoms with van der Waals surface area (Å²) in [5.74, 6) is 0. The number of ether oxygens (including phenoxy) is 1. The Morgan fingerprint density at radius 2 is 1.47 bits per heavy atom. The fraction of sp³-hybridized carbons (Fsp3) is 0.923. The Morgan fingerprint density at radius 3 is 2.06 bits per heavy atom. The lowest BCUT2D eigenvalue weighted by Crippen LogP contribution is -2.51. The summed E-state index contributed by atoms with van der Waals surface area (Å²) < 4.78 is 5.78. The van der Waals surface area contributed by atoms with E-state index in [9.17, 15) is 4.79 Å². The lowest BCUT2D eigenvalue weighted by Gasteiger charge is -2.35. The zero-order valence-electron chi connectivity index (χ0n) is 10.4. The molecule has 0 N–H and O–H groups in total. The molecule has 17 heavy (non-hydrogen) atoms. The Hall–Kier alpha value is -0.770. The van der Waals surface area contributed by atoms with Crippen LogP contribution in [-0.2, 0) is 4.74 Å². The lowest BCUT2D eigenvalue weighted by atomic mass is 10.2. The molecule has 3 aliphatic rings. The van der Waals surface area contributed by atoms with Gasteiger partial charge in [-0.3, -0.25) is 0 Å². The first-order valence-electron chi connectivity index (χ1n) is 7.02. The number of carbonyl (C=O) groups is 1. The van der Waals surface area contributed by atoms with E-state index in [-0.39, 0.29) is 6.03 Å². The first-order chi connectivity index (χ1) is 8.33. The molecular weight excluding hydrogens is 216 g/mol. The minimum atomic E-state index is 0.257. The van der Waals surface area contributed by atoms with Crippen molar-refractivity contribution in [1.29, 1.82) is 0 Å². The zero-order valence-corrected chi connectivity index (χ0v) is 10.4. The number of morpholine rings is 1. The van der Waals surface area contributed by atoms with Crippen LogP contribution in [0.4, 0.5) is 4.79 Å². The number of nitrogens with zero attached hydrogens (tertiary/aromatic N) is 2. The molecule has 3 heterocycles. The third kappa shape index (κ3) is 2.41. The summed E-state index contributed by atoms with van der Waals surface area (Å²) in [6.45, 7) is 3.52. The van der Waals surface area contributed by atoms with Crippen LogP contribution < -0.4 is 0 Å². The highest BCUT2D eigenvalue weighted by Gasteiger charge is 2.37. The van der Waals surface area contributed by atoms with Gasteiger partial charge in [0, 0.05) is 26.2 Å². The third-order valence-electron chi connectivity index (χ3n) is 4.19. The van der Waals surface area contributed by atoms with Crippen molar-refractivity contribution in [3.05, 3.63) is 0 Å². The third-order valence-corrected chi connectivity index (χ3v) is 4.19. The number of hydrogen-bond donors (Lipinski definition) is 0. The number of fused-ring (bicyclic) bond motifs is 2. The van der Waals surface area contributed by atoms with Gasteiger partial charge in [0.15, 0.2) is 0 Å². The average Bonchev–Trinajstić information content (AvgIpc) is 2.61. The topological polar surface area (TPSA) is 32.8 Å². The molecule has 0 aliphatic carbocycles. The maximum atomic E-state index is 12.4. The molecule has 4 nitrogen and oxygen atoms in total. The highest BCUT2D eigenvalue weighted by molar-refractivity contribution is 5.74. The maximum absolute atomic E-state index is 12.4. The van der Waals surface area contributed by atoms with Crippen LogP contribution in [0.15, 0.2) is 0 Å². The van der Waals surface area contributed by atoms with Crippen LogP contribution in [-0.4, -0.2) is 54.2 Å². The standard InChI is InChI=1S/C13H22N2O2/c16-13(14-7-3-1-2-4-8-14)15-9-11-5-6-12(10-15)17-11/h11-12H,1-10H2. The first kappa shape index (κ1) is 11.3. The minimum absolute atomic E-state index is 0.257. The monoisotopic (exact) mass is 238 g/mol. The van der Waals surface area contributed by atoms with Crippen LogP contribution in [0.2, 0.25) is 0 Å². The van der Waals surface area contributed by atoms with E-state index in [1.54, 1.807) is 0 Å². The van der Waals surface area contributed by atoms with Gasteiger partial charge in [-0.2, -0.15) is 0 Å². The molecule has 0 aromatic heterocycles. The second-order valence-electron chi connectivity index (χ2n) is 5.55. The molecule has 3 aliphatic heterocycles. The van der Waals surface area contributed by atoms with E-state index in [1.165, 1.54) is 25.7 Å². The molecule has 0 radical (unpaired) electrons. The van der Waals surface area contributed by atoms with Gasteiger partial charge in [-0.25, -0.2) is 4.79 Å². The summed E-state index contributed by atoms with van der Waals surface area (Å²) in [5, 5.41) is 0. The van der Waals surface area contributed by atoms with Gasteiger partial charge in [0.05, 0.1) is 12.2 Å². The number of rotatable bonds is 0. The maximum Gasteiger partial charge on any atom is 0.320 e. The smallest absolute Gasteiger partial charge is 0.320 e. The Morgan fingerprint density at radius 1 is 0.882 bits per heavy atom. The van der Waals surface area contributed by atoms with Gasteiger partial charge in [-0.05, 0) is 25.7 Å². The highest BCUT2D eigenvalue weighted by Crippen LogP contribution is 2.27. The van der Waals surface area contributed by atoms with E-state index in [2.05, 4.69) is 4.90 Å². The Bertz CT molecular complexity index is 275. The van der Waals surface area contributed by atoms with Gasteiger partial charge in [0.2, 0.25) is 0 Å². The van der Waals surface area contributed by atoms with Crippen molar-refractivity contribution < 1.29 is 9.53 Å². The molecule has 2 bridgehead atoms. The highest BCUT2D eigenvalue weighted by atomic mass is 16.5. The summed E-state index contributed by atoms with van der Waals surface area (Å²) in [6.07, 6.45) is 7.78. The fourth-order valence-electron chi connectivity index (χ4n) is 3.23. The SMILES string of the molecule is O=C(N1CCCCCC1)N1CC2CCC(C1)O2. The Balaban J connectivity index is 1.61. The number of likely N-dealkylation sites (tertiary alicyclic amines) is 2. The van der Waals surface area contributed by atoms with Crippen molar-refractivity contribution >= 4 is 6.03 Å². The molecule has 0 saturated carbocycles. The fourth-order valence-corrected chi connectivity index (χ4v) is 3.23. The Labute approximate surface area is 103 Å². The van der Waals surface area contributed by atoms with E-state index in [4.69, 9.17) is 4.74 Å². The molecular formula is C13H22N2O2. The van der Waals surface area contributed by atoms with Crippen LogP contribution >= 0.6 is 0 Å². The van der Waals surface area contributed by atoms with Crippen molar-refractivity contribution in [3.63, 3.8) is 0 Å². The van der Waals surface area contributed by atoms with Gasteiger partial charge in [-0.15, -0.1) is 0 Å². The zero-order chi connectivity index (χ0) is 11.7. The van der Waals surface area contributed by atoms with E-state index in [1.807, 2.05) is 4.90 Å². The van der Waals surface area contributed by atoms with Gasteiger partial charge in [-0.1, -0.05) is 12.8 Å². The molecule has 96 valence electrons. The second-order valence-corrected chi connectivity index (χ2v) is 5.55. The molecule has 2 amide bonds. The Kier molecular flexibility index (Phi) is 3.23. The van der Waals surface area contributed by atoms with E-state index >= 15 is 0 Å². The van der Waals surface area contributed by atoms with Gasteiger partial charge in [0.25, 0.3) is 0 Å². The molecule has 2 unspecified atom stereocenters. The van der Waals surface area contributed by atoms with E-state index < -0.39 is 0 Å². The summed E-state index contributed by atoms with van der Waals surface area (Å²) in [6, 6.07) is 0.257. The predicted molar refractivity (Wildman–Crippen MR) is 64.9 cm³/mol. The molecule has 0 spiro atoms. The summed E-state index contributed by atoms with van der Waals surface area (Å²) in [5.41, 5.74) is 0. The van der Waals surface area contributed by atoms with E-state index in [0.717, 1.165) is 39.0 Å². The van der Waals surface area contributed by atoms with Crippen molar-refractivity contribution in [2.75, 3.05) is 26.2 Å². The van der Waals surface area contributed by atoms with Crippen molar-refractivity contribution in [1.82, 2.24) is 9.80 Å². The van der Waals surface area contributed by atoms with Crippen molar-refractivity contribution in [3.8, 4) is 0 Å². The van der Waals surface area contributed by atoms with Crippen LogP contribution in [0, 0.1) is 0 Å². The number of amides is 2. The second kappa shape index (κ2) is 4.84. The quantitative estimate of drug-likeness (QED) is 0.645. The summed E-state index contributed by atoms with van der Waals surface area (Å²) in [7, 11) is 0. The lowest BCUT2D eigenvalue weighted by molar-refractivity contribution is -0.0285. The number of urea groups is 1. The molecule has 4 heteroatoms. The normalized spacial score (nSPS) is 33.6.